The van der Waals surface area contributed by atoms with E-state index in [1.165, 1.54) is 20.8 Å². The van der Waals surface area contributed by atoms with Crippen LogP contribution in [0.15, 0.2) is 35.5 Å². The normalized spacial score (nSPS) is 37.3. The van der Waals surface area contributed by atoms with E-state index in [4.69, 9.17) is 33.2 Å². The monoisotopic (exact) mass is 722 g/mol. The number of methoxy groups -OCH3 is 1. The van der Waals surface area contributed by atoms with Crippen molar-refractivity contribution in [1.82, 2.24) is 0 Å². The standard InChI is InChI=1S/C38H58O13/c1-11-37(7,8)47-18-28-32(43)35(49-23(6)41)33(44)36(50-28)51-34-30-26(19(2)16-46-21(4)39)14-29(48-22(5)40)38(30,9)15-27-24(17-45-10)12-13-25(27)20(3)31(34)42/h11,15,19-20,24-25,28-29,31-36,42-44H,1,12-14,16-18H2,2-10H3/t19-,20-,24-,25+,28-,29+,31-,32-,33-,34-,35+,36-,38+/m1/s1. The molecule has 3 aliphatic carbocycles. The number of ether oxygens (including phenoxy) is 7. The Morgan fingerprint density at radius 2 is 1.71 bits per heavy atom. The van der Waals surface area contributed by atoms with Crippen LogP contribution in [0.25, 0.3) is 0 Å². The molecule has 0 spiro atoms. The predicted octanol–water partition coefficient (Wildman–Crippen LogP) is 3.18. The van der Waals surface area contributed by atoms with Gasteiger partial charge in [-0.1, -0.05) is 37.1 Å². The van der Waals surface area contributed by atoms with Crippen LogP contribution in [-0.2, 0) is 47.5 Å². The summed E-state index contributed by atoms with van der Waals surface area (Å²) in [6, 6.07) is 0. The number of fused-ring (bicyclic) bond motifs is 2. The van der Waals surface area contributed by atoms with E-state index < -0.39 is 77.9 Å². The number of esters is 3. The maximum absolute atomic E-state index is 12.6. The molecule has 0 radical (unpaired) electrons. The number of hydrogen-bond acceptors (Lipinski definition) is 13. The maximum atomic E-state index is 12.6. The van der Waals surface area contributed by atoms with Crippen molar-refractivity contribution < 1.29 is 62.9 Å². The fraction of sp³-hybridized carbons (Fsp3) is 0.763. The van der Waals surface area contributed by atoms with Crippen LogP contribution in [0.4, 0.5) is 0 Å². The minimum absolute atomic E-state index is 0.0304. The van der Waals surface area contributed by atoms with Crippen LogP contribution in [0.2, 0.25) is 0 Å². The third kappa shape index (κ3) is 8.94. The second-order valence-corrected chi connectivity index (χ2v) is 15.3. The quantitative estimate of drug-likeness (QED) is 0.144. The molecular weight excluding hydrogens is 664 g/mol. The highest BCUT2D eigenvalue weighted by Gasteiger charge is 2.57. The first-order chi connectivity index (χ1) is 23.8. The molecule has 1 heterocycles. The molecule has 13 nitrogen and oxygen atoms in total. The number of aliphatic hydroxyl groups is 3. The molecule has 0 unspecified atom stereocenters. The van der Waals surface area contributed by atoms with E-state index in [1.54, 1.807) is 27.0 Å². The molecule has 1 saturated heterocycles. The van der Waals surface area contributed by atoms with Gasteiger partial charge in [0.1, 0.15) is 30.5 Å². The van der Waals surface area contributed by atoms with Crippen molar-refractivity contribution in [2.75, 3.05) is 26.9 Å². The SMILES string of the molecule is C=CC(C)(C)OC[C@H]1O[C@H](O[C@@H]2C3=C([C@H](C)COC(C)=O)C[C@H](OC(C)=O)[C@]3(C)C=C3[C@@H](COC)CC[C@H]3[C@@H](C)[C@H]2O)[C@H](O)[C@@H](OC(C)=O)[C@@H]1O. The first-order valence-corrected chi connectivity index (χ1v) is 17.9. The van der Waals surface area contributed by atoms with Gasteiger partial charge in [-0.15, -0.1) is 6.58 Å². The molecule has 51 heavy (non-hydrogen) atoms. The van der Waals surface area contributed by atoms with Gasteiger partial charge in [-0.25, -0.2) is 0 Å². The lowest BCUT2D eigenvalue weighted by Crippen LogP contribution is -2.62. The average molecular weight is 723 g/mol. The first kappa shape index (κ1) is 41.1. The summed E-state index contributed by atoms with van der Waals surface area (Å²) in [6.45, 7) is 17.3. The molecule has 288 valence electrons. The van der Waals surface area contributed by atoms with Crippen molar-refractivity contribution in [3.63, 3.8) is 0 Å². The summed E-state index contributed by atoms with van der Waals surface area (Å²) in [7, 11) is 1.66. The van der Waals surface area contributed by atoms with Gasteiger partial charge < -0.3 is 48.5 Å². The molecule has 0 aromatic heterocycles. The zero-order valence-electron chi connectivity index (χ0n) is 31.5. The Balaban J connectivity index is 1.88. The Kier molecular flexibility index (Phi) is 13.4. The summed E-state index contributed by atoms with van der Waals surface area (Å²) in [4.78, 5) is 36.6. The van der Waals surface area contributed by atoms with E-state index in [9.17, 15) is 29.7 Å². The van der Waals surface area contributed by atoms with Crippen LogP contribution in [0.3, 0.4) is 0 Å². The molecule has 13 atom stereocenters. The fourth-order valence-corrected chi connectivity index (χ4v) is 8.23. The Bertz CT molecular complexity index is 1350. The first-order valence-electron chi connectivity index (χ1n) is 17.9. The minimum atomic E-state index is -1.66. The van der Waals surface area contributed by atoms with Gasteiger partial charge >= 0.3 is 17.9 Å². The van der Waals surface area contributed by atoms with Gasteiger partial charge in [-0.3, -0.25) is 14.4 Å². The fourth-order valence-electron chi connectivity index (χ4n) is 8.23. The van der Waals surface area contributed by atoms with Crippen LogP contribution in [0, 0.1) is 29.1 Å². The van der Waals surface area contributed by atoms with E-state index in [1.807, 2.05) is 20.8 Å². The Hall–Kier alpha value is -2.65. The van der Waals surface area contributed by atoms with Crippen molar-refractivity contribution in [1.29, 1.82) is 0 Å². The van der Waals surface area contributed by atoms with Gasteiger partial charge in [0.2, 0.25) is 0 Å². The molecular formula is C38H58O13. The van der Waals surface area contributed by atoms with Crippen LogP contribution in [0.1, 0.15) is 74.7 Å². The van der Waals surface area contributed by atoms with Crippen molar-refractivity contribution in [2.45, 2.75) is 129 Å². The molecule has 4 rings (SSSR count). The summed E-state index contributed by atoms with van der Waals surface area (Å²) in [5.41, 5.74) is 0.702. The van der Waals surface area contributed by atoms with Crippen molar-refractivity contribution in [3.8, 4) is 0 Å². The summed E-state index contributed by atoms with van der Waals surface area (Å²) in [5, 5.41) is 35.2. The summed E-state index contributed by atoms with van der Waals surface area (Å²) in [5.74, 6) is -2.36. The van der Waals surface area contributed by atoms with Crippen molar-refractivity contribution in [2.24, 2.45) is 29.1 Å². The Morgan fingerprint density at radius 1 is 1.04 bits per heavy atom. The molecule has 13 heteroatoms. The minimum Gasteiger partial charge on any atom is -0.465 e. The maximum Gasteiger partial charge on any atom is 0.303 e. The van der Waals surface area contributed by atoms with E-state index in [2.05, 4.69) is 12.7 Å². The van der Waals surface area contributed by atoms with E-state index in [0.717, 1.165) is 24.0 Å². The third-order valence-corrected chi connectivity index (χ3v) is 11.1. The number of rotatable bonds is 13. The highest BCUT2D eigenvalue weighted by molar-refractivity contribution is 5.67. The zero-order chi connectivity index (χ0) is 38.0. The van der Waals surface area contributed by atoms with Crippen molar-refractivity contribution in [3.05, 3.63) is 35.5 Å². The lowest BCUT2D eigenvalue weighted by atomic mass is 9.68. The van der Waals surface area contributed by atoms with Gasteiger partial charge in [0, 0.05) is 51.6 Å². The molecule has 0 bridgehead atoms. The topological polar surface area (TPSA) is 177 Å². The predicted molar refractivity (Wildman–Crippen MR) is 184 cm³/mol. The van der Waals surface area contributed by atoms with Crippen LogP contribution >= 0.6 is 0 Å². The smallest absolute Gasteiger partial charge is 0.303 e. The van der Waals surface area contributed by atoms with Gasteiger partial charge in [0.25, 0.3) is 0 Å². The highest BCUT2D eigenvalue weighted by atomic mass is 16.7. The van der Waals surface area contributed by atoms with Crippen molar-refractivity contribution >= 4 is 17.9 Å². The highest BCUT2D eigenvalue weighted by Crippen LogP contribution is 2.56. The molecule has 3 N–H and O–H groups in total. The molecule has 2 fully saturated rings. The summed E-state index contributed by atoms with van der Waals surface area (Å²) in [6.07, 6.45) is -4.56. The second kappa shape index (κ2) is 16.6. The molecule has 0 aromatic rings. The Labute approximate surface area is 301 Å². The lowest BCUT2D eigenvalue weighted by Gasteiger charge is -2.47. The number of carbonyl (C=O) groups excluding carboxylic acids is 3. The van der Waals surface area contributed by atoms with E-state index in [-0.39, 0.29) is 43.3 Å². The number of carbonyl (C=O) groups is 3. The molecule has 4 aliphatic rings. The Morgan fingerprint density at radius 3 is 2.29 bits per heavy atom. The van der Waals surface area contributed by atoms with Crippen LogP contribution < -0.4 is 0 Å². The van der Waals surface area contributed by atoms with Gasteiger partial charge in [-0.2, -0.15) is 0 Å². The number of hydrogen-bond donors (Lipinski definition) is 3. The molecule has 0 aromatic carbocycles. The third-order valence-electron chi connectivity index (χ3n) is 11.1. The average Bonchev–Trinajstić information content (AvgIpc) is 3.56. The van der Waals surface area contributed by atoms with E-state index in [0.29, 0.717) is 12.2 Å². The zero-order valence-corrected chi connectivity index (χ0v) is 31.5. The van der Waals surface area contributed by atoms with Crippen LogP contribution in [0.5, 0.6) is 0 Å². The molecule has 1 saturated carbocycles. The van der Waals surface area contributed by atoms with Gasteiger partial charge in [0.05, 0.1) is 31.5 Å². The van der Waals surface area contributed by atoms with E-state index >= 15 is 0 Å². The van der Waals surface area contributed by atoms with Gasteiger partial charge in [-0.05, 0) is 51.0 Å². The largest absolute Gasteiger partial charge is 0.465 e. The molecule has 0 amide bonds. The summed E-state index contributed by atoms with van der Waals surface area (Å²) < 4.78 is 41.3. The second-order valence-electron chi connectivity index (χ2n) is 15.3. The number of aliphatic hydroxyl groups excluding tert-OH is 3. The summed E-state index contributed by atoms with van der Waals surface area (Å²) >= 11 is 0. The van der Waals surface area contributed by atoms with Crippen LogP contribution in [-0.4, -0.2) is 115 Å². The van der Waals surface area contributed by atoms with Gasteiger partial charge in [0.15, 0.2) is 12.4 Å². The molecule has 1 aliphatic heterocycles. The lowest BCUT2D eigenvalue weighted by molar-refractivity contribution is -0.320.